The van der Waals surface area contributed by atoms with Crippen LogP contribution in [0.2, 0.25) is 0 Å². The maximum atomic E-state index is 3.66. The van der Waals surface area contributed by atoms with Gasteiger partial charge in [-0.2, -0.15) is 0 Å². The van der Waals surface area contributed by atoms with Crippen molar-refractivity contribution >= 4 is 0 Å². The van der Waals surface area contributed by atoms with E-state index < -0.39 is 0 Å². The molecule has 3 heteroatoms. The van der Waals surface area contributed by atoms with Gasteiger partial charge in [0, 0.05) is 25.2 Å². The third kappa shape index (κ3) is 4.57. The number of rotatable bonds is 5. The fourth-order valence-electron chi connectivity index (χ4n) is 3.12. The average molecular weight is 239 g/mol. The lowest BCUT2D eigenvalue weighted by Gasteiger charge is -2.33. The van der Waals surface area contributed by atoms with Crippen LogP contribution in [0.25, 0.3) is 0 Å². The Morgan fingerprint density at radius 3 is 1.76 bits per heavy atom. The van der Waals surface area contributed by atoms with Crippen molar-refractivity contribution < 1.29 is 0 Å². The molecule has 0 aromatic rings. The minimum atomic E-state index is 0.743. The fourth-order valence-corrected chi connectivity index (χ4v) is 3.12. The van der Waals surface area contributed by atoms with E-state index in [4.69, 9.17) is 0 Å². The molecule has 0 amide bonds. The summed E-state index contributed by atoms with van der Waals surface area (Å²) in [4.78, 5) is 2.63. The lowest BCUT2D eigenvalue weighted by Crippen LogP contribution is -2.49. The molecule has 2 aliphatic rings. The fraction of sp³-hybridized carbons (Fsp3) is 1.00. The Labute approximate surface area is 106 Å². The summed E-state index contributed by atoms with van der Waals surface area (Å²) in [6, 6.07) is 1.49. The van der Waals surface area contributed by atoms with Crippen LogP contribution in [0.3, 0.4) is 0 Å². The summed E-state index contributed by atoms with van der Waals surface area (Å²) in [6.07, 6.45) is 8.30. The third-order valence-corrected chi connectivity index (χ3v) is 4.23. The summed E-state index contributed by atoms with van der Waals surface area (Å²) in [6.45, 7) is 8.43. The molecule has 2 aliphatic heterocycles. The van der Waals surface area contributed by atoms with Gasteiger partial charge in [0.05, 0.1) is 0 Å². The normalized spacial score (nSPS) is 30.7. The van der Waals surface area contributed by atoms with E-state index in [9.17, 15) is 0 Å². The predicted octanol–water partition coefficient (Wildman–Crippen LogP) is 1.59. The number of likely N-dealkylation sites (N-methyl/N-ethyl adjacent to an activating group) is 1. The van der Waals surface area contributed by atoms with E-state index in [1.807, 2.05) is 0 Å². The molecular formula is C14H29N3. The van der Waals surface area contributed by atoms with Gasteiger partial charge in [-0.05, 0) is 45.3 Å². The van der Waals surface area contributed by atoms with E-state index in [0.717, 1.165) is 12.1 Å². The molecule has 0 aromatic heterocycles. The van der Waals surface area contributed by atoms with Gasteiger partial charge in [-0.3, -0.25) is 0 Å². The first-order chi connectivity index (χ1) is 8.38. The highest BCUT2D eigenvalue weighted by atomic mass is 15.2. The Balaban J connectivity index is 1.71. The lowest BCUT2D eigenvalue weighted by molar-refractivity contribution is 0.200. The number of piperidine rings is 2. The van der Waals surface area contributed by atoms with E-state index in [0.29, 0.717) is 0 Å². The summed E-state index contributed by atoms with van der Waals surface area (Å²) in [5.41, 5.74) is 0. The molecule has 0 aromatic carbocycles. The molecule has 3 nitrogen and oxygen atoms in total. The van der Waals surface area contributed by atoms with Crippen molar-refractivity contribution in [2.75, 3.05) is 32.7 Å². The Morgan fingerprint density at radius 1 is 0.882 bits per heavy atom. The average Bonchev–Trinajstić information content (AvgIpc) is 2.40. The molecular weight excluding hydrogens is 210 g/mol. The molecule has 0 spiro atoms. The standard InChI is InChI=1S/C14H29N3/c1-2-17(11-13-7-3-5-9-15-13)12-14-8-4-6-10-16-14/h13-16H,2-12H2,1H3. The summed E-state index contributed by atoms with van der Waals surface area (Å²) < 4.78 is 0. The van der Waals surface area contributed by atoms with Crippen molar-refractivity contribution in [3.8, 4) is 0 Å². The second kappa shape index (κ2) is 7.34. The largest absolute Gasteiger partial charge is 0.313 e. The Hall–Kier alpha value is -0.120. The number of hydrogen-bond acceptors (Lipinski definition) is 3. The van der Waals surface area contributed by atoms with Crippen molar-refractivity contribution in [3.05, 3.63) is 0 Å². The number of nitrogens with zero attached hydrogens (tertiary/aromatic N) is 1. The first-order valence-corrected chi connectivity index (χ1v) is 7.57. The van der Waals surface area contributed by atoms with Crippen molar-refractivity contribution in [2.45, 2.75) is 57.5 Å². The van der Waals surface area contributed by atoms with Crippen molar-refractivity contribution in [2.24, 2.45) is 0 Å². The van der Waals surface area contributed by atoms with Gasteiger partial charge in [0.25, 0.3) is 0 Å². The van der Waals surface area contributed by atoms with E-state index >= 15 is 0 Å². The molecule has 0 aliphatic carbocycles. The minimum absolute atomic E-state index is 0.743. The molecule has 100 valence electrons. The Kier molecular flexibility index (Phi) is 5.75. The van der Waals surface area contributed by atoms with Gasteiger partial charge < -0.3 is 15.5 Å². The zero-order chi connectivity index (χ0) is 11.9. The molecule has 2 unspecified atom stereocenters. The molecule has 17 heavy (non-hydrogen) atoms. The first kappa shape index (κ1) is 13.3. The molecule has 2 heterocycles. The second-order valence-electron chi connectivity index (χ2n) is 5.65. The van der Waals surface area contributed by atoms with E-state index in [2.05, 4.69) is 22.5 Å². The molecule has 2 fully saturated rings. The van der Waals surface area contributed by atoms with Crippen LogP contribution in [0.1, 0.15) is 45.4 Å². The van der Waals surface area contributed by atoms with E-state index in [-0.39, 0.29) is 0 Å². The van der Waals surface area contributed by atoms with Crippen molar-refractivity contribution in [1.82, 2.24) is 15.5 Å². The topological polar surface area (TPSA) is 27.3 Å². The third-order valence-electron chi connectivity index (χ3n) is 4.23. The summed E-state index contributed by atoms with van der Waals surface area (Å²) in [5.74, 6) is 0. The predicted molar refractivity (Wildman–Crippen MR) is 73.4 cm³/mol. The van der Waals surface area contributed by atoms with E-state index in [1.54, 1.807) is 0 Å². The Bertz CT molecular complexity index is 176. The molecule has 0 saturated carbocycles. The van der Waals surface area contributed by atoms with Crippen LogP contribution >= 0.6 is 0 Å². The van der Waals surface area contributed by atoms with Crippen LogP contribution in [-0.2, 0) is 0 Å². The zero-order valence-electron chi connectivity index (χ0n) is 11.4. The molecule has 2 saturated heterocycles. The molecule has 2 rings (SSSR count). The summed E-state index contributed by atoms with van der Waals surface area (Å²) in [7, 11) is 0. The number of hydrogen-bond donors (Lipinski definition) is 2. The summed E-state index contributed by atoms with van der Waals surface area (Å²) >= 11 is 0. The minimum Gasteiger partial charge on any atom is -0.313 e. The Morgan fingerprint density at radius 2 is 1.41 bits per heavy atom. The highest BCUT2D eigenvalue weighted by Crippen LogP contribution is 2.11. The quantitative estimate of drug-likeness (QED) is 0.763. The van der Waals surface area contributed by atoms with Crippen LogP contribution in [0, 0.1) is 0 Å². The maximum Gasteiger partial charge on any atom is 0.0195 e. The summed E-state index contributed by atoms with van der Waals surface area (Å²) in [5, 5.41) is 7.32. The van der Waals surface area contributed by atoms with Gasteiger partial charge in [-0.15, -0.1) is 0 Å². The lowest BCUT2D eigenvalue weighted by atomic mass is 10.0. The maximum absolute atomic E-state index is 3.66. The van der Waals surface area contributed by atoms with Crippen LogP contribution in [0.15, 0.2) is 0 Å². The SMILES string of the molecule is CCN(CC1CCCCN1)CC1CCCCN1. The second-order valence-corrected chi connectivity index (χ2v) is 5.65. The van der Waals surface area contributed by atoms with Gasteiger partial charge in [0.1, 0.15) is 0 Å². The van der Waals surface area contributed by atoms with Crippen LogP contribution in [-0.4, -0.2) is 49.7 Å². The van der Waals surface area contributed by atoms with Crippen molar-refractivity contribution in [1.29, 1.82) is 0 Å². The van der Waals surface area contributed by atoms with E-state index in [1.165, 1.54) is 71.2 Å². The highest BCUT2D eigenvalue weighted by molar-refractivity contribution is 4.80. The van der Waals surface area contributed by atoms with Crippen LogP contribution in [0.4, 0.5) is 0 Å². The van der Waals surface area contributed by atoms with Crippen LogP contribution < -0.4 is 10.6 Å². The number of nitrogens with one attached hydrogen (secondary N) is 2. The molecule has 0 bridgehead atoms. The zero-order valence-corrected chi connectivity index (χ0v) is 11.4. The van der Waals surface area contributed by atoms with Crippen molar-refractivity contribution in [3.63, 3.8) is 0 Å². The molecule has 2 N–H and O–H groups in total. The molecule has 0 radical (unpaired) electrons. The monoisotopic (exact) mass is 239 g/mol. The first-order valence-electron chi connectivity index (χ1n) is 7.57. The smallest absolute Gasteiger partial charge is 0.0195 e. The van der Waals surface area contributed by atoms with Gasteiger partial charge in [0.15, 0.2) is 0 Å². The molecule has 2 atom stereocenters. The van der Waals surface area contributed by atoms with Crippen LogP contribution in [0.5, 0.6) is 0 Å². The van der Waals surface area contributed by atoms with Gasteiger partial charge in [-0.1, -0.05) is 19.8 Å². The van der Waals surface area contributed by atoms with Gasteiger partial charge in [0.2, 0.25) is 0 Å². The van der Waals surface area contributed by atoms with Gasteiger partial charge in [-0.25, -0.2) is 0 Å². The highest BCUT2D eigenvalue weighted by Gasteiger charge is 2.19. The van der Waals surface area contributed by atoms with Gasteiger partial charge >= 0.3 is 0 Å².